The third-order valence-corrected chi connectivity index (χ3v) is 5.94. The molecule has 1 aromatic rings. The summed E-state index contributed by atoms with van der Waals surface area (Å²) in [6, 6.07) is 0. The highest BCUT2D eigenvalue weighted by Gasteiger charge is 2.43. The fourth-order valence-electron chi connectivity index (χ4n) is 3.48. The first-order valence-electron chi connectivity index (χ1n) is 8.27. The Bertz CT molecular complexity index is 599. The van der Waals surface area contributed by atoms with Gasteiger partial charge in [-0.05, 0) is 31.6 Å². The third-order valence-electron chi connectivity index (χ3n) is 5.01. The number of aryl methyl sites for hydroxylation is 1. The number of carbonyl (C=O) groups excluding carboxylic acids is 1. The van der Waals surface area contributed by atoms with Crippen molar-refractivity contribution in [3.05, 3.63) is 16.1 Å². The van der Waals surface area contributed by atoms with Gasteiger partial charge in [-0.1, -0.05) is 6.42 Å². The molecular formula is C16H26IN5OS. The van der Waals surface area contributed by atoms with Crippen molar-refractivity contribution < 1.29 is 4.79 Å². The Labute approximate surface area is 164 Å². The van der Waals surface area contributed by atoms with Crippen LogP contribution in [0.25, 0.3) is 0 Å². The molecule has 3 rings (SSSR count). The van der Waals surface area contributed by atoms with Gasteiger partial charge in [0.05, 0.1) is 11.2 Å². The summed E-state index contributed by atoms with van der Waals surface area (Å²) in [5, 5.41) is 6.29. The molecule has 2 N–H and O–H groups in total. The van der Waals surface area contributed by atoms with Crippen molar-refractivity contribution in [3.63, 3.8) is 0 Å². The number of hydrogen-bond donors (Lipinski definition) is 2. The van der Waals surface area contributed by atoms with Crippen LogP contribution in [0.3, 0.4) is 0 Å². The zero-order valence-corrected chi connectivity index (χ0v) is 17.4. The fourth-order valence-corrected chi connectivity index (χ4v) is 4.20. The van der Waals surface area contributed by atoms with E-state index in [9.17, 15) is 4.79 Å². The Balaban J connectivity index is 0.00000208. The molecular weight excluding hydrogens is 437 g/mol. The van der Waals surface area contributed by atoms with Crippen LogP contribution < -0.4 is 10.6 Å². The minimum absolute atomic E-state index is 0. The van der Waals surface area contributed by atoms with Crippen LogP contribution in [0.5, 0.6) is 0 Å². The summed E-state index contributed by atoms with van der Waals surface area (Å²) in [7, 11) is 1.83. The van der Waals surface area contributed by atoms with Gasteiger partial charge in [0.2, 0.25) is 0 Å². The number of nitrogens with zero attached hydrogens (tertiary/aromatic N) is 3. The number of rotatable bonds is 4. The van der Waals surface area contributed by atoms with Crippen LogP contribution >= 0.6 is 35.3 Å². The van der Waals surface area contributed by atoms with Gasteiger partial charge < -0.3 is 15.5 Å². The number of hydrogen-bond acceptors (Lipinski definition) is 4. The predicted molar refractivity (Wildman–Crippen MR) is 108 cm³/mol. The molecule has 2 aliphatic rings. The van der Waals surface area contributed by atoms with Crippen molar-refractivity contribution in [1.29, 1.82) is 0 Å². The molecule has 1 aliphatic carbocycles. The normalized spacial score (nSPS) is 18.9. The van der Waals surface area contributed by atoms with Crippen LogP contribution in [0.4, 0.5) is 0 Å². The Kier molecular flexibility index (Phi) is 6.85. The second-order valence-electron chi connectivity index (χ2n) is 6.52. The molecule has 6 nitrogen and oxygen atoms in total. The zero-order chi connectivity index (χ0) is 16.3. The minimum atomic E-state index is -0.0450. The summed E-state index contributed by atoms with van der Waals surface area (Å²) in [6.45, 7) is 5.33. The molecule has 1 amide bonds. The average molecular weight is 463 g/mol. The second kappa shape index (κ2) is 8.46. The van der Waals surface area contributed by atoms with E-state index in [2.05, 4.69) is 25.5 Å². The number of nitrogens with one attached hydrogen (secondary N) is 2. The topological polar surface area (TPSA) is 69.6 Å². The van der Waals surface area contributed by atoms with E-state index in [1.165, 1.54) is 37.0 Å². The summed E-state index contributed by atoms with van der Waals surface area (Å²) in [5.41, 5.74) is 3.06. The van der Waals surface area contributed by atoms with Crippen molar-refractivity contribution in [2.24, 2.45) is 10.4 Å². The number of halogens is 1. The molecule has 24 heavy (non-hydrogen) atoms. The van der Waals surface area contributed by atoms with Crippen LogP contribution in [0, 0.1) is 12.3 Å². The van der Waals surface area contributed by atoms with E-state index in [4.69, 9.17) is 0 Å². The maximum absolute atomic E-state index is 12.0. The highest BCUT2D eigenvalue weighted by atomic mass is 127. The number of thiazole rings is 1. The van der Waals surface area contributed by atoms with E-state index in [1.54, 1.807) is 5.51 Å². The van der Waals surface area contributed by atoms with Gasteiger partial charge in [-0.15, -0.1) is 35.3 Å². The summed E-state index contributed by atoms with van der Waals surface area (Å²) in [5.74, 6) is 0.911. The van der Waals surface area contributed by atoms with E-state index >= 15 is 0 Å². The SMILES string of the molecule is CN=C(NCCNC(=O)c1scnc1C)N1CCC2(CCC2)C1.I. The van der Waals surface area contributed by atoms with E-state index < -0.39 is 0 Å². The van der Waals surface area contributed by atoms with Gasteiger partial charge >= 0.3 is 0 Å². The molecule has 8 heteroatoms. The molecule has 0 atom stereocenters. The molecule has 1 saturated carbocycles. The Hall–Kier alpha value is -0.900. The second-order valence-corrected chi connectivity index (χ2v) is 7.38. The molecule has 1 saturated heterocycles. The number of aliphatic imine (C=N–C) groups is 1. The van der Waals surface area contributed by atoms with E-state index in [1.807, 2.05) is 14.0 Å². The molecule has 0 bridgehead atoms. The quantitative estimate of drug-likeness (QED) is 0.311. The molecule has 0 aromatic carbocycles. The maximum atomic E-state index is 12.0. The molecule has 0 radical (unpaired) electrons. The molecule has 1 spiro atoms. The monoisotopic (exact) mass is 463 g/mol. The van der Waals surface area contributed by atoms with Crippen LogP contribution in [-0.4, -0.2) is 55.0 Å². The van der Waals surface area contributed by atoms with Gasteiger partial charge in [0.15, 0.2) is 5.96 Å². The van der Waals surface area contributed by atoms with Crippen molar-refractivity contribution >= 4 is 47.2 Å². The molecule has 2 fully saturated rings. The van der Waals surface area contributed by atoms with Crippen LogP contribution in [0.1, 0.15) is 41.0 Å². The summed E-state index contributed by atoms with van der Waals surface area (Å²) in [4.78, 5) is 23.6. The van der Waals surface area contributed by atoms with Crippen LogP contribution in [0.2, 0.25) is 0 Å². The van der Waals surface area contributed by atoms with Crippen LogP contribution in [-0.2, 0) is 0 Å². The fraction of sp³-hybridized carbons (Fsp3) is 0.688. The first-order chi connectivity index (χ1) is 11.1. The number of carbonyl (C=O) groups is 1. The standard InChI is InChI=1S/C16H25N5OS.HI/c1-12-13(23-11-20-12)14(22)18-7-8-19-15(17-2)21-9-6-16(10-21)4-3-5-16;/h11H,3-10H2,1-2H3,(H,17,19)(H,18,22);1H. The lowest BCUT2D eigenvalue weighted by Gasteiger charge is -2.38. The number of aromatic nitrogens is 1. The van der Waals surface area contributed by atoms with Crippen molar-refractivity contribution in [2.75, 3.05) is 33.2 Å². The highest BCUT2D eigenvalue weighted by Crippen LogP contribution is 2.47. The Morgan fingerprint density at radius 3 is 2.67 bits per heavy atom. The van der Waals surface area contributed by atoms with Crippen molar-refractivity contribution in [2.45, 2.75) is 32.6 Å². The van der Waals surface area contributed by atoms with Gasteiger partial charge in [0, 0.05) is 33.2 Å². The van der Waals surface area contributed by atoms with Gasteiger partial charge in [-0.25, -0.2) is 4.98 Å². The molecule has 1 aromatic heterocycles. The number of amides is 1. The summed E-state index contributed by atoms with van der Waals surface area (Å²) >= 11 is 1.38. The van der Waals surface area contributed by atoms with Crippen molar-refractivity contribution in [3.8, 4) is 0 Å². The number of guanidine groups is 1. The smallest absolute Gasteiger partial charge is 0.263 e. The van der Waals surface area contributed by atoms with Gasteiger partial charge in [-0.3, -0.25) is 9.79 Å². The van der Waals surface area contributed by atoms with Crippen molar-refractivity contribution in [1.82, 2.24) is 20.5 Å². The summed E-state index contributed by atoms with van der Waals surface area (Å²) < 4.78 is 0. The third kappa shape index (κ3) is 4.19. The first kappa shape index (κ1) is 19.4. The molecule has 1 aliphatic heterocycles. The predicted octanol–water partition coefficient (Wildman–Crippen LogP) is 2.25. The zero-order valence-electron chi connectivity index (χ0n) is 14.3. The van der Waals surface area contributed by atoms with E-state index in [-0.39, 0.29) is 29.9 Å². The van der Waals surface area contributed by atoms with Gasteiger partial charge in [0.1, 0.15) is 4.88 Å². The molecule has 134 valence electrons. The first-order valence-corrected chi connectivity index (χ1v) is 9.15. The van der Waals surface area contributed by atoms with Gasteiger partial charge in [-0.2, -0.15) is 0 Å². The van der Waals surface area contributed by atoms with Crippen LogP contribution in [0.15, 0.2) is 10.5 Å². The lowest BCUT2D eigenvalue weighted by atomic mass is 9.68. The minimum Gasteiger partial charge on any atom is -0.354 e. The highest BCUT2D eigenvalue weighted by molar-refractivity contribution is 14.0. The molecule has 2 heterocycles. The average Bonchev–Trinajstić information content (AvgIpc) is 3.13. The largest absolute Gasteiger partial charge is 0.354 e. The molecule has 0 unspecified atom stereocenters. The van der Waals surface area contributed by atoms with Gasteiger partial charge in [0.25, 0.3) is 5.91 Å². The van der Waals surface area contributed by atoms with E-state index in [0.717, 1.165) is 24.7 Å². The van der Waals surface area contributed by atoms with E-state index in [0.29, 0.717) is 23.4 Å². The number of likely N-dealkylation sites (tertiary alicyclic amines) is 1. The Morgan fingerprint density at radius 1 is 1.38 bits per heavy atom. The Morgan fingerprint density at radius 2 is 2.12 bits per heavy atom. The maximum Gasteiger partial charge on any atom is 0.263 e. The summed E-state index contributed by atoms with van der Waals surface area (Å²) in [6.07, 6.45) is 5.40. The lowest BCUT2D eigenvalue weighted by molar-refractivity contribution is 0.0957. The lowest BCUT2D eigenvalue weighted by Crippen LogP contribution is -2.44.